The number of hydrogen-bond acceptors (Lipinski definition) is 4. The molecular weight excluding hydrogens is 372 g/mol. The van der Waals surface area contributed by atoms with Crippen LogP contribution in [0.25, 0.3) is 11.0 Å². The van der Waals surface area contributed by atoms with E-state index in [4.69, 9.17) is 0 Å². The second kappa shape index (κ2) is 8.48. The number of nitrogens with one attached hydrogen (secondary N) is 1. The first kappa shape index (κ1) is 19.9. The molecule has 2 aromatic carbocycles. The quantitative estimate of drug-likeness (QED) is 0.649. The van der Waals surface area contributed by atoms with Gasteiger partial charge in [-0.1, -0.05) is 42.1 Å². The van der Waals surface area contributed by atoms with Crippen molar-refractivity contribution in [2.24, 2.45) is 7.05 Å². The Morgan fingerprint density at radius 2 is 1.79 bits per heavy atom. The maximum atomic E-state index is 12.5. The summed E-state index contributed by atoms with van der Waals surface area (Å²) in [5.74, 6) is -0.0978. The number of aromatic nitrogens is 2. The van der Waals surface area contributed by atoms with Crippen LogP contribution in [0.4, 0.5) is 5.69 Å². The highest BCUT2D eigenvalue weighted by atomic mass is 32.2. The molecule has 1 heterocycles. The molecule has 0 saturated carbocycles. The third-order valence-corrected chi connectivity index (χ3v) is 5.64. The van der Waals surface area contributed by atoms with Gasteiger partial charge < -0.3 is 14.8 Å². The average molecular weight is 397 g/mol. The van der Waals surface area contributed by atoms with Crippen LogP contribution in [0.1, 0.15) is 11.1 Å². The Morgan fingerprint density at radius 1 is 1.11 bits per heavy atom. The van der Waals surface area contributed by atoms with E-state index in [0.29, 0.717) is 0 Å². The molecule has 0 fully saturated rings. The Balaban J connectivity index is 1.57. The number of hydrogen-bond donors (Lipinski definition) is 1. The molecule has 2 amide bonds. The SMILES string of the molecule is Cc1cccc(C)c1NC(=O)CN(C)C(=O)CSc1nc2ccccc2n1C. The normalized spacial score (nSPS) is 10.9. The van der Waals surface area contributed by atoms with Gasteiger partial charge in [0, 0.05) is 19.8 Å². The van der Waals surface area contributed by atoms with E-state index < -0.39 is 0 Å². The van der Waals surface area contributed by atoms with Crippen LogP contribution in [0.3, 0.4) is 0 Å². The molecule has 1 aromatic heterocycles. The number of thioether (sulfide) groups is 1. The molecule has 0 bridgehead atoms. The van der Waals surface area contributed by atoms with Crippen LogP contribution < -0.4 is 5.32 Å². The van der Waals surface area contributed by atoms with Gasteiger partial charge in [0.05, 0.1) is 23.3 Å². The van der Waals surface area contributed by atoms with Crippen molar-refractivity contribution in [3.05, 3.63) is 53.6 Å². The second-order valence-corrected chi connectivity index (χ2v) is 7.74. The maximum Gasteiger partial charge on any atom is 0.243 e. The minimum atomic E-state index is -0.207. The van der Waals surface area contributed by atoms with Gasteiger partial charge in [0.1, 0.15) is 0 Å². The second-order valence-electron chi connectivity index (χ2n) is 6.80. The zero-order chi connectivity index (χ0) is 20.3. The molecule has 0 aliphatic heterocycles. The lowest BCUT2D eigenvalue weighted by Crippen LogP contribution is -2.36. The van der Waals surface area contributed by atoms with Gasteiger partial charge in [-0.25, -0.2) is 4.98 Å². The lowest BCUT2D eigenvalue weighted by molar-refractivity contribution is -0.131. The highest BCUT2D eigenvalue weighted by molar-refractivity contribution is 7.99. The first-order valence-electron chi connectivity index (χ1n) is 9.01. The van der Waals surface area contributed by atoms with Gasteiger partial charge in [0.2, 0.25) is 11.8 Å². The smallest absolute Gasteiger partial charge is 0.243 e. The molecule has 3 rings (SSSR count). The molecule has 0 atom stereocenters. The van der Waals surface area contributed by atoms with Gasteiger partial charge >= 0.3 is 0 Å². The van der Waals surface area contributed by atoms with Gasteiger partial charge in [-0.05, 0) is 37.1 Å². The fourth-order valence-electron chi connectivity index (χ4n) is 2.98. The molecule has 0 spiro atoms. The number of amides is 2. The highest BCUT2D eigenvalue weighted by Crippen LogP contribution is 2.23. The summed E-state index contributed by atoms with van der Waals surface area (Å²) in [6.45, 7) is 3.91. The molecular formula is C21H24N4O2S. The van der Waals surface area contributed by atoms with Crippen LogP contribution >= 0.6 is 11.8 Å². The minimum absolute atomic E-state index is 0.00963. The molecule has 6 nitrogen and oxygen atoms in total. The monoisotopic (exact) mass is 396 g/mol. The fraction of sp³-hybridized carbons (Fsp3) is 0.286. The predicted molar refractivity (Wildman–Crippen MR) is 114 cm³/mol. The van der Waals surface area contributed by atoms with Crippen molar-refractivity contribution in [2.45, 2.75) is 19.0 Å². The number of nitrogens with zero attached hydrogens (tertiary/aromatic N) is 3. The van der Waals surface area contributed by atoms with Crippen LogP contribution in [0.5, 0.6) is 0 Å². The van der Waals surface area contributed by atoms with E-state index >= 15 is 0 Å². The summed E-state index contributed by atoms with van der Waals surface area (Å²) in [6.07, 6.45) is 0. The van der Waals surface area contributed by atoms with Crippen LogP contribution in [0.15, 0.2) is 47.6 Å². The Labute approximate surface area is 168 Å². The van der Waals surface area contributed by atoms with Crippen LogP contribution in [-0.2, 0) is 16.6 Å². The summed E-state index contributed by atoms with van der Waals surface area (Å²) in [5, 5.41) is 3.69. The topological polar surface area (TPSA) is 67.2 Å². The maximum absolute atomic E-state index is 12.5. The standard InChI is InChI=1S/C21H24N4O2S/c1-14-8-7-9-15(2)20(14)23-18(26)12-24(3)19(27)13-28-21-22-16-10-5-6-11-17(16)25(21)4/h5-11H,12-13H2,1-4H3,(H,23,26). The van der Waals surface area contributed by atoms with Crippen LogP contribution in [0.2, 0.25) is 0 Å². The molecule has 0 unspecified atom stereocenters. The Bertz CT molecular complexity index is 1010. The first-order chi connectivity index (χ1) is 13.4. The predicted octanol–water partition coefficient (Wildman–Crippen LogP) is 3.38. The summed E-state index contributed by atoms with van der Waals surface area (Å²) in [7, 11) is 3.58. The van der Waals surface area contributed by atoms with Crippen LogP contribution in [0, 0.1) is 13.8 Å². The van der Waals surface area contributed by atoms with E-state index in [0.717, 1.165) is 33.0 Å². The lowest BCUT2D eigenvalue weighted by Gasteiger charge is -2.18. The number of rotatable bonds is 6. The molecule has 0 saturated heterocycles. The number of fused-ring (bicyclic) bond motifs is 1. The van der Waals surface area contributed by atoms with E-state index in [9.17, 15) is 9.59 Å². The van der Waals surface area contributed by atoms with Crippen molar-refractivity contribution < 1.29 is 9.59 Å². The summed E-state index contributed by atoms with van der Waals surface area (Å²) >= 11 is 1.37. The Hall–Kier alpha value is -2.80. The summed E-state index contributed by atoms with van der Waals surface area (Å²) in [5.41, 5.74) is 4.74. The van der Waals surface area contributed by atoms with E-state index in [1.54, 1.807) is 7.05 Å². The Morgan fingerprint density at radius 3 is 2.46 bits per heavy atom. The number of carbonyl (C=O) groups excluding carboxylic acids is 2. The zero-order valence-electron chi connectivity index (χ0n) is 16.5. The van der Waals surface area contributed by atoms with E-state index in [1.165, 1.54) is 16.7 Å². The van der Waals surface area contributed by atoms with Crippen molar-refractivity contribution in [3.63, 3.8) is 0 Å². The van der Waals surface area contributed by atoms with Crippen molar-refractivity contribution in [1.82, 2.24) is 14.5 Å². The number of likely N-dealkylation sites (N-methyl/N-ethyl adjacent to an activating group) is 1. The molecule has 0 radical (unpaired) electrons. The highest BCUT2D eigenvalue weighted by Gasteiger charge is 2.16. The fourth-order valence-corrected chi connectivity index (χ4v) is 3.91. The van der Waals surface area contributed by atoms with Gasteiger partial charge in [0.15, 0.2) is 5.16 Å². The molecule has 0 aliphatic rings. The van der Waals surface area contributed by atoms with Gasteiger partial charge in [0.25, 0.3) is 0 Å². The summed E-state index contributed by atoms with van der Waals surface area (Å²) < 4.78 is 1.97. The van der Waals surface area contributed by atoms with Crippen molar-refractivity contribution >= 4 is 40.3 Å². The van der Waals surface area contributed by atoms with Gasteiger partial charge in [-0.15, -0.1) is 0 Å². The molecule has 7 heteroatoms. The summed E-state index contributed by atoms with van der Waals surface area (Å²) in [6, 6.07) is 13.7. The van der Waals surface area contributed by atoms with Crippen LogP contribution in [-0.4, -0.2) is 45.6 Å². The molecule has 146 valence electrons. The number of anilines is 1. The van der Waals surface area contributed by atoms with E-state index in [2.05, 4.69) is 10.3 Å². The third-order valence-electron chi connectivity index (χ3n) is 4.62. The van der Waals surface area contributed by atoms with Gasteiger partial charge in [-0.2, -0.15) is 0 Å². The van der Waals surface area contributed by atoms with Crippen molar-refractivity contribution in [3.8, 4) is 0 Å². The van der Waals surface area contributed by atoms with Crippen molar-refractivity contribution in [1.29, 1.82) is 0 Å². The molecule has 1 N–H and O–H groups in total. The zero-order valence-corrected chi connectivity index (χ0v) is 17.3. The average Bonchev–Trinajstić information content (AvgIpc) is 2.99. The number of imidazole rings is 1. The summed E-state index contributed by atoms with van der Waals surface area (Å²) in [4.78, 5) is 30.8. The number of aryl methyl sites for hydroxylation is 3. The van der Waals surface area contributed by atoms with E-state index in [-0.39, 0.29) is 24.1 Å². The molecule has 28 heavy (non-hydrogen) atoms. The first-order valence-corrected chi connectivity index (χ1v) is 9.99. The number of carbonyl (C=O) groups is 2. The number of para-hydroxylation sites is 3. The molecule has 0 aliphatic carbocycles. The largest absolute Gasteiger partial charge is 0.336 e. The van der Waals surface area contributed by atoms with E-state index in [1.807, 2.05) is 67.9 Å². The third kappa shape index (κ3) is 4.36. The Kier molecular flexibility index (Phi) is 6.04. The lowest BCUT2D eigenvalue weighted by atomic mass is 10.1. The molecule has 3 aromatic rings. The number of benzene rings is 2. The minimum Gasteiger partial charge on any atom is -0.336 e. The van der Waals surface area contributed by atoms with Crippen molar-refractivity contribution in [2.75, 3.05) is 24.7 Å². The van der Waals surface area contributed by atoms with Gasteiger partial charge in [-0.3, -0.25) is 9.59 Å².